The summed E-state index contributed by atoms with van der Waals surface area (Å²) in [6.07, 6.45) is 0.860. The molecule has 0 saturated heterocycles. The fourth-order valence-electron chi connectivity index (χ4n) is 0.570. The first-order valence-corrected chi connectivity index (χ1v) is 3.73. The maximum atomic E-state index is 10.8. The average molecular weight is 204 g/mol. The van der Waals surface area contributed by atoms with Gasteiger partial charge in [-0.15, -0.1) is 0 Å². The number of carbonyl (C=O) groups is 2. The molecule has 0 unspecified atom stereocenters. The Morgan fingerprint density at radius 1 is 1.29 bits per heavy atom. The Morgan fingerprint density at radius 2 is 1.86 bits per heavy atom. The van der Waals surface area contributed by atoms with Crippen molar-refractivity contribution in [3.8, 4) is 0 Å². The third-order valence-corrected chi connectivity index (χ3v) is 1.25. The highest BCUT2D eigenvalue weighted by molar-refractivity contribution is 5.90. The maximum absolute atomic E-state index is 10.8. The molecular formula is C8H12O6. The second-order valence-corrected chi connectivity index (χ2v) is 2.20. The molecule has 0 saturated carbocycles. The molecule has 6 nitrogen and oxygen atoms in total. The van der Waals surface area contributed by atoms with E-state index in [1.54, 1.807) is 0 Å². The lowest BCUT2D eigenvalue weighted by Crippen LogP contribution is -2.21. The summed E-state index contributed by atoms with van der Waals surface area (Å²) in [7, 11) is 2.80. The van der Waals surface area contributed by atoms with Gasteiger partial charge in [0.05, 0.1) is 0 Å². The molecule has 6 heteroatoms. The van der Waals surface area contributed by atoms with Crippen molar-refractivity contribution in [2.24, 2.45) is 0 Å². The van der Waals surface area contributed by atoms with E-state index in [-0.39, 0.29) is 6.61 Å². The second kappa shape index (κ2) is 7.05. The fraction of sp³-hybridized carbons (Fsp3) is 0.500. The van der Waals surface area contributed by atoms with Crippen LogP contribution in [0.4, 0.5) is 0 Å². The van der Waals surface area contributed by atoms with E-state index in [1.807, 2.05) is 0 Å². The van der Waals surface area contributed by atoms with Gasteiger partial charge in [-0.1, -0.05) is 0 Å². The summed E-state index contributed by atoms with van der Waals surface area (Å²) in [5.74, 6) is -1.97. The lowest BCUT2D eigenvalue weighted by atomic mass is 10.5. The minimum absolute atomic E-state index is 0.0875. The van der Waals surface area contributed by atoms with E-state index in [0.717, 1.165) is 6.08 Å². The molecule has 0 aliphatic rings. The third kappa shape index (κ3) is 6.15. The summed E-state index contributed by atoms with van der Waals surface area (Å²) in [5, 5.41) is 8.19. The van der Waals surface area contributed by atoms with Crippen LogP contribution in [0.2, 0.25) is 0 Å². The molecule has 80 valence electrons. The first-order chi connectivity index (χ1) is 6.60. The second-order valence-electron chi connectivity index (χ2n) is 2.20. The van der Waals surface area contributed by atoms with Gasteiger partial charge in [-0.3, -0.25) is 0 Å². The van der Waals surface area contributed by atoms with Gasteiger partial charge in [0.2, 0.25) is 0 Å². The Morgan fingerprint density at radius 3 is 2.29 bits per heavy atom. The van der Waals surface area contributed by atoms with Crippen molar-refractivity contribution >= 4 is 11.9 Å². The minimum atomic E-state index is -1.21. The Hall–Kier alpha value is -1.40. The molecule has 0 atom stereocenters. The Balaban J connectivity index is 3.78. The molecule has 0 heterocycles. The predicted molar refractivity (Wildman–Crippen MR) is 45.5 cm³/mol. The Labute approximate surface area is 81.1 Å². The number of esters is 1. The molecule has 0 fully saturated rings. The summed E-state index contributed by atoms with van der Waals surface area (Å²) < 4.78 is 14.1. The van der Waals surface area contributed by atoms with Crippen molar-refractivity contribution in [2.75, 3.05) is 20.8 Å². The molecule has 1 N–H and O–H groups in total. The smallest absolute Gasteiger partial charge is 0.331 e. The average Bonchev–Trinajstić information content (AvgIpc) is 2.16. The molecule has 0 rings (SSSR count). The fourth-order valence-corrected chi connectivity index (χ4v) is 0.570. The number of carbonyl (C=O) groups excluding carboxylic acids is 1. The number of rotatable bonds is 6. The van der Waals surface area contributed by atoms with Crippen LogP contribution in [0.25, 0.3) is 0 Å². The maximum Gasteiger partial charge on any atom is 0.331 e. The Kier molecular flexibility index (Phi) is 6.34. The number of carboxylic acids is 1. The van der Waals surface area contributed by atoms with Gasteiger partial charge in [-0.05, 0) is 0 Å². The molecule has 0 amide bonds. The first-order valence-electron chi connectivity index (χ1n) is 3.73. The number of aliphatic carboxylic acids is 1. The number of ether oxygens (including phenoxy) is 3. The van der Waals surface area contributed by atoms with E-state index in [2.05, 4.69) is 4.74 Å². The highest BCUT2D eigenvalue weighted by atomic mass is 16.7. The number of methoxy groups -OCH3 is 2. The Bertz CT molecular complexity index is 218. The zero-order valence-electron chi connectivity index (χ0n) is 7.93. The molecule has 0 aliphatic heterocycles. The van der Waals surface area contributed by atoms with Crippen LogP contribution in [-0.4, -0.2) is 44.2 Å². The van der Waals surface area contributed by atoms with Gasteiger partial charge in [0.25, 0.3) is 0 Å². The van der Waals surface area contributed by atoms with Crippen LogP contribution in [0.15, 0.2) is 12.2 Å². The van der Waals surface area contributed by atoms with Crippen LogP contribution < -0.4 is 0 Å². The predicted octanol–water partition coefficient (Wildman–Crippen LogP) is -0.211. The van der Waals surface area contributed by atoms with Crippen molar-refractivity contribution in [3.63, 3.8) is 0 Å². The molecule has 0 aromatic heterocycles. The van der Waals surface area contributed by atoms with Crippen molar-refractivity contribution in [2.45, 2.75) is 6.29 Å². The van der Waals surface area contributed by atoms with E-state index in [4.69, 9.17) is 14.6 Å². The van der Waals surface area contributed by atoms with Crippen molar-refractivity contribution < 1.29 is 28.9 Å². The highest BCUT2D eigenvalue weighted by Crippen LogP contribution is 1.92. The van der Waals surface area contributed by atoms with Crippen LogP contribution in [0.1, 0.15) is 0 Å². The van der Waals surface area contributed by atoms with E-state index in [9.17, 15) is 9.59 Å². The van der Waals surface area contributed by atoms with Crippen LogP contribution in [-0.2, 0) is 23.8 Å². The van der Waals surface area contributed by atoms with E-state index >= 15 is 0 Å². The van der Waals surface area contributed by atoms with E-state index < -0.39 is 18.2 Å². The van der Waals surface area contributed by atoms with Gasteiger partial charge in [0.15, 0.2) is 6.29 Å². The summed E-state index contributed by atoms with van der Waals surface area (Å²) in [4.78, 5) is 20.8. The first kappa shape index (κ1) is 12.6. The van der Waals surface area contributed by atoms with E-state index in [1.165, 1.54) is 14.2 Å². The lowest BCUT2D eigenvalue weighted by Gasteiger charge is -2.12. The monoisotopic (exact) mass is 204 g/mol. The molecule has 0 aromatic rings. The normalized spacial score (nSPS) is 10.8. The lowest BCUT2D eigenvalue weighted by molar-refractivity contribution is -0.162. The van der Waals surface area contributed by atoms with Gasteiger partial charge in [0.1, 0.15) is 6.61 Å². The van der Waals surface area contributed by atoms with E-state index in [0.29, 0.717) is 6.08 Å². The molecular weight excluding hydrogens is 192 g/mol. The van der Waals surface area contributed by atoms with Gasteiger partial charge in [0, 0.05) is 26.4 Å². The summed E-state index contributed by atoms with van der Waals surface area (Å²) >= 11 is 0. The largest absolute Gasteiger partial charge is 0.478 e. The van der Waals surface area contributed by atoms with Gasteiger partial charge in [-0.2, -0.15) is 0 Å². The molecule has 0 radical (unpaired) electrons. The summed E-state index contributed by atoms with van der Waals surface area (Å²) in [6.45, 7) is -0.0875. The molecule has 0 aliphatic carbocycles. The summed E-state index contributed by atoms with van der Waals surface area (Å²) in [6, 6.07) is 0. The highest BCUT2D eigenvalue weighted by Gasteiger charge is 2.07. The minimum Gasteiger partial charge on any atom is -0.478 e. The van der Waals surface area contributed by atoms with Gasteiger partial charge in [-0.25, -0.2) is 9.59 Å². The standard InChI is InChI=1S/C8H12O6/c1-12-8(13-2)5-14-7(11)4-3-6(9)10/h3-4,8H,5H2,1-2H3,(H,9,10). The van der Waals surface area contributed by atoms with Crippen LogP contribution >= 0.6 is 0 Å². The molecule has 0 aromatic carbocycles. The van der Waals surface area contributed by atoms with Gasteiger partial charge >= 0.3 is 11.9 Å². The zero-order chi connectivity index (χ0) is 11.0. The van der Waals surface area contributed by atoms with Crippen molar-refractivity contribution in [1.29, 1.82) is 0 Å². The third-order valence-electron chi connectivity index (χ3n) is 1.25. The molecule has 14 heavy (non-hydrogen) atoms. The van der Waals surface area contributed by atoms with Crippen LogP contribution in [0.5, 0.6) is 0 Å². The van der Waals surface area contributed by atoms with Crippen molar-refractivity contribution in [3.05, 3.63) is 12.2 Å². The summed E-state index contributed by atoms with van der Waals surface area (Å²) in [5.41, 5.74) is 0. The van der Waals surface area contributed by atoms with Gasteiger partial charge < -0.3 is 19.3 Å². The number of carboxylic acid groups (broad SMARTS) is 1. The van der Waals surface area contributed by atoms with Crippen molar-refractivity contribution in [1.82, 2.24) is 0 Å². The molecule has 0 bridgehead atoms. The topological polar surface area (TPSA) is 82.1 Å². The molecule has 0 spiro atoms. The number of hydrogen-bond donors (Lipinski definition) is 1. The quantitative estimate of drug-likeness (QED) is 0.366. The number of hydrogen-bond acceptors (Lipinski definition) is 5. The van der Waals surface area contributed by atoms with Crippen LogP contribution in [0.3, 0.4) is 0 Å². The zero-order valence-corrected chi connectivity index (χ0v) is 7.93. The van der Waals surface area contributed by atoms with Crippen LogP contribution in [0, 0.1) is 0 Å². The SMILES string of the molecule is COC(COC(=O)C=CC(=O)O)OC.